The third kappa shape index (κ3) is 2.76. The fourth-order valence-corrected chi connectivity index (χ4v) is 2.58. The summed E-state index contributed by atoms with van der Waals surface area (Å²) >= 11 is 0. The molecule has 0 saturated heterocycles. The van der Waals surface area contributed by atoms with Gasteiger partial charge in [0.1, 0.15) is 0 Å². The van der Waals surface area contributed by atoms with Crippen LogP contribution in [0.3, 0.4) is 0 Å². The molecule has 0 spiro atoms. The Kier molecular flexibility index (Phi) is 3.71. The summed E-state index contributed by atoms with van der Waals surface area (Å²) in [5.74, 6) is 0. The number of aromatic nitrogens is 2. The third-order valence-corrected chi connectivity index (χ3v) is 4.58. The van der Waals surface area contributed by atoms with Crippen molar-refractivity contribution in [2.75, 3.05) is 13.3 Å². The van der Waals surface area contributed by atoms with E-state index in [4.69, 9.17) is 0 Å². The standard InChI is InChI=1S/C14H19N3O2S/c1-14(2,15-3)13-9-16-10-17(13)11-5-7-12(8-6-11)20(4,18)19/h5-10,15H,1-4H3. The van der Waals surface area contributed by atoms with Gasteiger partial charge in [-0.05, 0) is 45.2 Å². The van der Waals surface area contributed by atoms with Crippen LogP contribution in [0.25, 0.3) is 5.69 Å². The largest absolute Gasteiger partial charge is 0.310 e. The van der Waals surface area contributed by atoms with Crippen LogP contribution in [0.4, 0.5) is 0 Å². The minimum atomic E-state index is -3.17. The molecule has 1 heterocycles. The van der Waals surface area contributed by atoms with E-state index in [1.807, 2.05) is 11.6 Å². The van der Waals surface area contributed by atoms with Gasteiger partial charge in [0.25, 0.3) is 0 Å². The molecule has 5 nitrogen and oxygen atoms in total. The summed E-state index contributed by atoms with van der Waals surface area (Å²) in [4.78, 5) is 4.50. The number of benzene rings is 1. The van der Waals surface area contributed by atoms with E-state index in [9.17, 15) is 8.42 Å². The first-order valence-electron chi connectivity index (χ1n) is 6.28. The van der Waals surface area contributed by atoms with Gasteiger partial charge in [0.2, 0.25) is 0 Å². The first-order valence-corrected chi connectivity index (χ1v) is 8.17. The highest BCUT2D eigenvalue weighted by atomic mass is 32.2. The van der Waals surface area contributed by atoms with Crippen molar-refractivity contribution in [1.82, 2.24) is 14.9 Å². The van der Waals surface area contributed by atoms with Crippen LogP contribution in [0.1, 0.15) is 19.5 Å². The quantitative estimate of drug-likeness (QED) is 0.932. The molecule has 20 heavy (non-hydrogen) atoms. The minimum Gasteiger partial charge on any atom is -0.310 e. The molecule has 2 rings (SSSR count). The zero-order valence-corrected chi connectivity index (χ0v) is 12.9. The fraction of sp³-hybridized carbons (Fsp3) is 0.357. The van der Waals surface area contributed by atoms with Crippen molar-refractivity contribution in [3.8, 4) is 5.69 Å². The molecule has 0 aliphatic rings. The van der Waals surface area contributed by atoms with E-state index in [1.165, 1.54) is 6.26 Å². The van der Waals surface area contributed by atoms with Gasteiger partial charge in [0.15, 0.2) is 9.84 Å². The third-order valence-electron chi connectivity index (χ3n) is 3.45. The summed E-state index contributed by atoms with van der Waals surface area (Å²) < 4.78 is 24.9. The van der Waals surface area contributed by atoms with Crippen LogP contribution in [0, 0.1) is 0 Å². The summed E-state index contributed by atoms with van der Waals surface area (Å²) in [6.07, 6.45) is 4.74. The lowest BCUT2D eigenvalue weighted by Gasteiger charge is -2.25. The maximum atomic E-state index is 11.5. The molecule has 1 aromatic heterocycles. The van der Waals surface area contributed by atoms with E-state index in [0.29, 0.717) is 4.90 Å². The number of hydrogen-bond donors (Lipinski definition) is 1. The van der Waals surface area contributed by atoms with E-state index in [0.717, 1.165) is 11.4 Å². The fourth-order valence-electron chi connectivity index (χ4n) is 1.95. The van der Waals surface area contributed by atoms with Gasteiger partial charge in [0, 0.05) is 11.9 Å². The predicted octanol–water partition coefficient (Wildman–Crippen LogP) is 1.73. The lowest BCUT2D eigenvalue weighted by atomic mass is 10.0. The van der Waals surface area contributed by atoms with Gasteiger partial charge in [0.05, 0.1) is 28.7 Å². The van der Waals surface area contributed by atoms with Crippen molar-refractivity contribution >= 4 is 9.84 Å². The molecule has 0 fully saturated rings. The summed E-state index contributed by atoms with van der Waals surface area (Å²) in [7, 11) is -1.28. The average molecular weight is 293 g/mol. The Morgan fingerprint density at radius 1 is 1.20 bits per heavy atom. The second kappa shape index (κ2) is 5.03. The normalized spacial score (nSPS) is 12.6. The molecule has 0 saturated carbocycles. The molecular weight excluding hydrogens is 274 g/mol. The first-order chi connectivity index (χ1) is 9.25. The topological polar surface area (TPSA) is 64.0 Å². The number of rotatable bonds is 4. The zero-order valence-electron chi connectivity index (χ0n) is 12.1. The molecule has 0 aliphatic carbocycles. The summed E-state index contributed by atoms with van der Waals surface area (Å²) in [6.45, 7) is 4.12. The number of nitrogens with one attached hydrogen (secondary N) is 1. The van der Waals surface area contributed by atoms with Crippen molar-refractivity contribution in [2.24, 2.45) is 0 Å². The van der Waals surface area contributed by atoms with Crippen molar-refractivity contribution in [3.63, 3.8) is 0 Å². The van der Waals surface area contributed by atoms with E-state index in [1.54, 1.807) is 36.8 Å². The van der Waals surface area contributed by atoms with Crippen molar-refractivity contribution in [3.05, 3.63) is 42.5 Å². The minimum absolute atomic E-state index is 0.230. The number of sulfone groups is 1. The van der Waals surface area contributed by atoms with E-state index in [2.05, 4.69) is 24.1 Å². The van der Waals surface area contributed by atoms with Crippen LogP contribution in [0.5, 0.6) is 0 Å². The molecule has 108 valence electrons. The van der Waals surface area contributed by atoms with E-state index < -0.39 is 9.84 Å². The van der Waals surface area contributed by atoms with E-state index >= 15 is 0 Å². The highest BCUT2D eigenvalue weighted by molar-refractivity contribution is 7.90. The monoisotopic (exact) mass is 293 g/mol. The summed E-state index contributed by atoms with van der Waals surface area (Å²) in [6, 6.07) is 6.79. The molecule has 0 bridgehead atoms. The van der Waals surface area contributed by atoms with Gasteiger partial charge in [-0.25, -0.2) is 13.4 Å². The molecule has 0 amide bonds. The number of hydrogen-bond acceptors (Lipinski definition) is 4. The molecule has 0 aliphatic heterocycles. The van der Waals surface area contributed by atoms with Crippen LogP contribution in [-0.4, -0.2) is 31.3 Å². The lowest BCUT2D eigenvalue weighted by molar-refractivity contribution is 0.425. The molecule has 1 N–H and O–H groups in total. The molecule has 0 unspecified atom stereocenters. The van der Waals surface area contributed by atoms with Gasteiger partial charge in [-0.15, -0.1) is 0 Å². The van der Waals surface area contributed by atoms with Gasteiger partial charge in [-0.1, -0.05) is 0 Å². The Bertz CT molecular complexity index is 700. The average Bonchev–Trinajstić information content (AvgIpc) is 2.88. The predicted molar refractivity (Wildman–Crippen MR) is 78.8 cm³/mol. The molecule has 2 aromatic rings. The summed E-state index contributed by atoms with van der Waals surface area (Å²) in [5.41, 5.74) is 1.66. The maximum Gasteiger partial charge on any atom is 0.175 e. The highest BCUT2D eigenvalue weighted by Crippen LogP contribution is 2.23. The van der Waals surface area contributed by atoms with Crippen LogP contribution in [0.15, 0.2) is 41.7 Å². The molecule has 1 aromatic carbocycles. The molecule has 0 atom stereocenters. The summed E-state index contributed by atoms with van der Waals surface area (Å²) in [5, 5.41) is 3.23. The zero-order chi connectivity index (χ0) is 15.0. The second-order valence-electron chi connectivity index (χ2n) is 5.29. The van der Waals surface area contributed by atoms with Gasteiger partial charge < -0.3 is 9.88 Å². The SMILES string of the molecule is CNC(C)(C)c1cncn1-c1ccc(S(C)(=O)=O)cc1. The highest BCUT2D eigenvalue weighted by Gasteiger charge is 2.22. The Labute approximate surface area is 119 Å². The Morgan fingerprint density at radius 3 is 2.30 bits per heavy atom. The first kappa shape index (κ1) is 14.7. The maximum absolute atomic E-state index is 11.5. The Balaban J connectivity index is 2.46. The Hall–Kier alpha value is -1.66. The molecule has 0 radical (unpaired) electrons. The van der Waals surface area contributed by atoms with Crippen LogP contribution < -0.4 is 5.32 Å². The lowest BCUT2D eigenvalue weighted by Crippen LogP contribution is -2.35. The van der Waals surface area contributed by atoms with Crippen LogP contribution >= 0.6 is 0 Å². The molecule has 6 heteroatoms. The number of nitrogens with zero attached hydrogens (tertiary/aromatic N) is 2. The van der Waals surface area contributed by atoms with Crippen molar-refractivity contribution in [1.29, 1.82) is 0 Å². The van der Waals surface area contributed by atoms with Gasteiger partial charge in [-0.3, -0.25) is 0 Å². The Morgan fingerprint density at radius 2 is 1.80 bits per heavy atom. The van der Waals surface area contributed by atoms with Crippen molar-refractivity contribution in [2.45, 2.75) is 24.3 Å². The number of imidazole rings is 1. The van der Waals surface area contributed by atoms with Gasteiger partial charge >= 0.3 is 0 Å². The molecular formula is C14H19N3O2S. The smallest absolute Gasteiger partial charge is 0.175 e. The second-order valence-corrected chi connectivity index (χ2v) is 7.31. The van der Waals surface area contributed by atoms with Gasteiger partial charge in [-0.2, -0.15) is 0 Å². The van der Waals surface area contributed by atoms with E-state index in [-0.39, 0.29) is 5.54 Å². The van der Waals surface area contributed by atoms with Crippen molar-refractivity contribution < 1.29 is 8.42 Å². The van der Waals surface area contributed by atoms with Crippen LogP contribution in [0.2, 0.25) is 0 Å². The van der Waals surface area contributed by atoms with Crippen LogP contribution in [-0.2, 0) is 15.4 Å².